The lowest BCUT2D eigenvalue weighted by Crippen LogP contribution is -2.48. The number of aromatic nitrogens is 2. The fourth-order valence-electron chi connectivity index (χ4n) is 5.14. The van der Waals surface area contributed by atoms with Gasteiger partial charge in [-0.2, -0.15) is 4.98 Å². The molecule has 1 fully saturated rings. The van der Waals surface area contributed by atoms with Crippen LogP contribution in [0.15, 0.2) is 35.8 Å². The number of piperidine rings is 1. The highest BCUT2D eigenvalue weighted by atomic mass is 16.5. The molecule has 2 N–H and O–H groups in total. The summed E-state index contributed by atoms with van der Waals surface area (Å²) in [6.45, 7) is 13.0. The second-order valence-corrected chi connectivity index (χ2v) is 9.71. The molecule has 4 heterocycles. The quantitative estimate of drug-likeness (QED) is 0.750. The van der Waals surface area contributed by atoms with Gasteiger partial charge in [0.15, 0.2) is 5.82 Å². The summed E-state index contributed by atoms with van der Waals surface area (Å²) >= 11 is 0. The predicted octanol–water partition coefficient (Wildman–Crippen LogP) is 3.40. The third kappa shape index (κ3) is 3.55. The van der Waals surface area contributed by atoms with Gasteiger partial charge in [0.25, 0.3) is 0 Å². The molecule has 0 spiro atoms. The van der Waals surface area contributed by atoms with E-state index in [-0.39, 0.29) is 18.6 Å². The highest BCUT2D eigenvalue weighted by Gasteiger charge is 2.39. The topological polar surface area (TPSA) is 92.2 Å². The van der Waals surface area contributed by atoms with Crippen LogP contribution in [-0.2, 0) is 12.1 Å². The van der Waals surface area contributed by atoms with Gasteiger partial charge in [0, 0.05) is 38.3 Å². The van der Waals surface area contributed by atoms with Crippen molar-refractivity contribution in [1.29, 1.82) is 0 Å². The van der Waals surface area contributed by atoms with Crippen LogP contribution < -0.4 is 20.3 Å². The third-order valence-corrected chi connectivity index (χ3v) is 6.89. The van der Waals surface area contributed by atoms with E-state index in [4.69, 9.17) is 20.4 Å². The number of fused-ring (bicyclic) bond motifs is 2. The molecule has 9 heteroatoms. The van der Waals surface area contributed by atoms with Crippen molar-refractivity contribution in [3.63, 3.8) is 0 Å². The van der Waals surface area contributed by atoms with Crippen LogP contribution in [0.1, 0.15) is 44.9 Å². The van der Waals surface area contributed by atoms with E-state index in [0.29, 0.717) is 24.0 Å². The summed E-state index contributed by atoms with van der Waals surface area (Å²) in [5.41, 5.74) is 8.25. The second kappa shape index (κ2) is 8.16. The molecule has 34 heavy (non-hydrogen) atoms. The number of anilines is 2. The van der Waals surface area contributed by atoms with E-state index in [1.54, 1.807) is 16.8 Å². The Bertz CT molecular complexity index is 1180. The Kier molecular flexibility index (Phi) is 5.39. The number of aliphatic imine (C=N–C) groups is 1. The number of nitrogens with zero attached hydrogens (tertiary/aromatic N) is 6. The predicted molar refractivity (Wildman–Crippen MR) is 134 cm³/mol. The number of ether oxygens (including phenoxy) is 1. The number of hydrogen-bond acceptors (Lipinski definition) is 6. The minimum Gasteiger partial charge on any atom is -0.441 e. The van der Waals surface area contributed by atoms with E-state index in [1.807, 2.05) is 38.1 Å². The summed E-state index contributed by atoms with van der Waals surface area (Å²) in [4.78, 5) is 28.6. The van der Waals surface area contributed by atoms with Gasteiger partial charge in [-0.3, -0.25) is 9.80 Å². The van der Waals surface area contributed by atoms with Gasteiger partial charge in [0.1, 0.15) is 18.0 Å². The first kappa shape index (κ1) is 22.5. The van der Waals surface area contributed by atoms with Gasteiger partial charge in [-0.05, 0) is 39.7 Å². The van der Waals surface area contributed by atoms with Gasteiger partial charge in [-0.25, -0.2) is 9.79 Å². The fraction of sp³-hybridized carbons (Fsp3) is 0.480. The van der Waals surface area contributed by atoms with Crippen molar-refractivity contribution in [3.8, 4) is 5.75 Å². The van der Waals surface area contributed by atoms with E-state index in [0.717, 1.165) is 48.9 Å². The average Bonchev–Trinajstić information content (AvgIpc) is 3.20. The number of amides is 2. The monoisotopic (exact) mass is 463 g/mol. The molecule has 5 rings (SSSR count). The third-order valence-electron chi connectivity index (χ3n) is 6.89. The molecule has 3 aliphatic rings. The lowest BCUT2D eigenvalue weighted by molar-refractivity contribution is 0.226. The van der Waals surface area contributed by atoms with Crippen LogP contribution in [0.2, 0.25) is 0 Å². The van der Waals surface area contributed by atoms with Crippen LogP contribution >= 0.6 is 0 Å². The van der Waals surface area contributed by atoms with Crippen LogP contribution in [0.25, 0.3) is 5.70 Å². The van der Waals surface area contributed by atoms with Crippen LogP contribution in [0.5, 0.6) is 5.75 Å². The largest absolute Gasteiger partial charge is 0.441 e. The molecule has 180 valence electrons. The van der Waals surface area contributed by atoms with Gasteiger partial charge in [0.2, 0.25) is 11.8 Å². The number of nitrogens with two attached hydrogens (primary N) is 1. The molecule has 1 aromatic heterocycles. The van der Waals surface area contributed by atoms with Gasteiger partial charge in [-0.1, -0.05) is 24.8 Å². The zero-order valence-corrected chi connectivity index (χ0v) is 20.4. The lowest BCUT2D eigenvalue weighted by Gasteiger charge is -2.36. The van der Waals surface area contributed by atoms with E-state index >= 15 is 0 Å². The molecule has 9 nitrogen and oxygen atoms in total. The van der Waals surface area contributed by atoms with E-state index in [2.05, 4.69) is 23.0 Å². The van der Waals surface area contributed by atoms with Gasteiger partial charge < -0.3 is 19.9 Å². The number of urea groups is 1. The second-order valence-electron chi connectivity index (χ2n) is 9.71. The van der Waals surface area contributed by atoms with Gasteiger partial charge >= 0.3 is 6.03 Å². The van der Waals surface area contributed by atoms with Crippen LogP contribution in [-0.4, -0.2) is 59.1 Å². The highest BCUT2D eigenvalue weighted by Crippen LogP contribution is 2.40. The number of carbonyl (C=O) groups is 1. The number of benzene rings is 1. The number of para-hydroxylation sites is 1. The number of carbonyl (C=O) groups excluding carboxylic acids is 1. The van der Waals surface area contributed by atoms with E-state index < -0.39 is 5.54 Å². The summed E-state index contributed by atoms with van der Waals surface area (Å²) < 4.78 is 8.24. The summed E-state index contributed by atoms with van der Waals surface area (Å²) in [5, 5.41) is 0. The molecule has 1 atom stereocenters. The Morgan fingerprint density at radius 1 is 1.29 bits per heavy atom. The first-order valence-electron chi connectivity index (χ1n) is 11.9. The van der Waals surface area contributed by atoms with Crippen molar-refractivity contribution in [3.05, 3.63) is 42.1 Å². The van der Waals surface area contributed by atoms with Crippen molar-refractivity contribution in [2.45, 2.75) is 51.7 Å². The number of hydrogen-bond donors (Lipinski definition) is 1. The highest BCUT2D eigenvalue weighted by molar-refractivity contribution is 6.05. The maximum Gasteiger partial charge on any atom is 0.330 e. The zero-order chi connectivity index (χ0) is 24.2. The summed E-state index contributed by atoms with van der Waals surface area (Å²) in [6.07, 6.45) is 2.04. The standard InChI is InChI=1S/C25H33N7O2/c1-6-31-21-16(2)32(15-20-28-25(3,4)18-11-7-8-12-19(18)34-20)24(33)29(5)22(21)27-23(31)30-13-9-10-17(26)14-30/h7-8,11-12,17H,2,6,9-10,13-15,26H2,1,3-5H3. The Morgan fingerprint density at radius 2 is 2.06 bits per heavy atom. The lowest BCUT2D eigenvalue weighted by atomic mass is 9.93. The molecule has 0 aliphatic carbocycles. The zero-order valence-electron chi connectivity index (χ0n) is 20.4. The molecule has 1 unspecified atom stereocenters. The molecule has 0 bridgehead atoms. The summed E-state index contributed by atoms with van der Waals surface area (Å²) in [7, 11) is 1.75. The van der Waals surface area contributed by atoms with Crippen LogP contribution in [0.3, 0.4) is 0 Å². The number of rotatable bonds is 4. The molecular weight excluding hydrogens is 430 g/mol. The van der Waals surface area contributed by atoms with Crippen molar-refractivity contribution in [2.75, 3.05) is 36.5 Å². The average molecular weight is 464 g/mol. The minimum atomic E-state index is -0.452. The molecular formula is C25H33N7O2. The van der Waals surface area contributed by atoms with E-state index in [1.165, 1.54) is 0 Å². The van der Waals surface area contributed by atoms with Gasteiger partial charge in [0.05, 0.1) is 11.2 Å². The maximum absolute atomic E-state index is 13.4. The van der Waals surface area contributed by atoms with Crippen LogP contribution in [0, 0.1) is 0 Å². The molecule has 1 saturated heterocycles. The molecule has 0 saturated carbocycles. The van der Waals surface area contributed by atoms with Crippen molar-refractivity contribution in [2.24, 2.45) is 10.7 Å². The Morgan fingerprint density at radius 3 is 2.79 bits per heavy atom. The smallest absolute Gasteiger partial charge is 0.330 e. The minimum absolute atomic E-state index is 0.125. The molecule has 1 aromatic carbocycles. The Labute approximate surface area is 200 Å². The maximum atomic E-state index is 13.4. The van der Waals surface area contributed by atoms with Crippen molar-refractivity contribution < 1.29 is 9.53 Å². The molecule has 0 radical (unpaired) electrons. The van der Waals surface area contributed by atoms with E-state index in [9.17, 15) is 4.79 Å². The SMILES string of the molecule is C=C1c2c(nc(N3CCCC(N)C3)n2CC)N(C)C(=O)N1CC1=NC(C)(C)c2ccccc2O1. The normalized spacial score (nSPS) is 21.7. The number of imidazole rings is 1. The van der Waals surface area contributed by atoms with Gasteiger partial charge in [-0.15, -0.1) is 0 Å². The Balaban J connectivity index is 1.48. The summed E-state index contributed by atoms with van der Waals surface area (Å²) in [6, 6.07) is 7.80. The molecule has 3 aliphatic heterocycles. The molecule has 2 amide bonds. The fourth-order valence-corrected chi connectivity index (χ4v) is 5.14. The molecule has 2 aromatic rings. The van der Waals surface area contributed by atoms with Crippen LogP contribution in [0.4, 0.5) is 16.6 Å². The summed E-state index contributed by atoms with van der Waals surface area (Å²) in [5.74, 6) is 2.72. The van der Waals surface area contributed by atoms with Crippen molar-refractivity contribution >= 4 is 29.4 Å². The first-order chi connectivity index (χ1) is 16.2. The first-order valence-corrected chi connectivity index (χ1v) is 11.9. The van der Waals surface area contributed by atoms with Crippen molar-refractivity contribution in [1.82, 2.24) is 14.5 Å². The Hall–Kier alpha value is -3.33.